The lowest BCUT2D eigenvalue weighted by Crippen LogP contribution is -2.46. The number of fused-ring (bicyclic) bond motifs is 5. The minimum absolute atomic E-state index is 0.00181. The van der Waals surface area contributed by atoms with E-state index in [2.05, 4.69) is 15.3 Å². The van der Waals surface area contributed by atoms with E-state index in [-0.39, 0.29) is 23.2 Å². The monoisotopic (exact) mass is 411 g/mol. The zero-order chi connectivity index (χ0) is 20.3. The molecule has 2 aliphatic carbocycles. The summed E-state index contributed by atoms with van der Waals surface area (Å²) in [6.45, 7) is 4.01. The zero-order valence-corrected chi connectivity index (χ0v) is 16.7. The lowest BCUT2D eigenvalue weighted by Gasteiger charge is -2.36. The summed E-state index contributed by atoms with van der Waals surface area (Å²) in [5.41, 5.74) is 0.0364. The Labute approximate surface area is 172 Å². The zero-order valence-electron chi connectivity index (χ0n) is 15.2. The number of hydrogen-bond donors (Lipinski definition) is 1. The molecule has 8 heteroatoms. The van der Waals surface area contributed by atoms with E-state index in [1.165, 1.54) is 0 Å². The number of nitrogens with zero attached hydrogens (tertiary/aromatic N) is 4. The van der Waals surface area contributed by atoms with Gasteiger partial charge in [-0.2, -0.15) is 10.5 Å². The third kappa shape index (κ3) is 2.29. The van der Waals surface area contributed by atoms with E-state index in [0.29, 0.717) is 33.5 Å². The molecule has 28 heavy (non-hydrogen) atoms. The van der Waals surface area contributed by atoms with E-state index in [1.807, 2.05) is 26.0 Å². The molecule has 6 nitrogen and oxygen atoms in total. The van der Waals surface area contributed by atoms with Crippen molar-refractivity contribution in [2.45, 2.75) is 38.0 Å². The van der Waals surface area contributed by atoms with Crippen molar-refractivity contribution in [3.05, 3.63) is 51.0 Å². The molecular formula is C20H15Cl2N5O. The van der Waals surface area contributed by atoms with Crippen LogP contribution >= 0.6 is 23.2 Å². The molecule has 1 fully saturated rings. The molecular weight excluding hydrogens is 397 g/mol. The summed E-state index contributed by atoms with van der Waals surface area (Å²) in [6.07, 6.45) is 1.33. The number of rotatable bonds is 2. The van der Waals surface area contributed by atoms with Crippen molar-refractivity contribution < 1.29 is 4.79 Å². The Morgan fingerprint density at radius 2 is 1.89 bits per heavy atom. The second-order valence-corrected chi connectivity index (χ2v) is 8.52. The van der Waals surface area contributed by atoms with Gasteiger partial charge in [-0.3, -0.25) is 4.79 Å². The third-order valence-electron chi connectivity index (χ3n) is 6.21. The Bertz CT molecular complexity index is 1110. The van der Waals surface area contributed by atoms with E-state index in [1.54, 1.807) is 18.2 Å². The quantitative estimate of drug-likeness (QED) is 0.792. The molecule has 4 rings (SSSR count). The van der Waals surface area contributed by atoms with Gasteiger partial charge < -0.3 is 5.32 Å². The minimum Gasteiger partial charge on any atom is -0.324 e. The van der Waals surface area contributed by atoms with Crippen molar-refractivity contribution in [3.63, 3.8) is 0 Å². The summed E-state index contributed by atoms with van der Waals surface area (Å²) < 4.78 is 0. The largest absolute Gasteiger partial charge is 0.324 e. The molecule has 2 aliphatic rings. The van der Waals surface area contributed by atoms with Gasteiger partial charge in [0.25, 0.3) is 0 Å². The predicted molar refractivity (Wildman–Crippen MR) is 104 cm³/mol. The molecule has 1 aromatic carbocycles. The van der Waals surface area contributed by atoms with E-state index >= 15 is 0 Å². The maximum atomic E-state index is 13.6. The van der Waals surface area contributed by atoms with Gasteiger partial charge in [-0.25, -0.2) is 9.97 Å². The number of benzene rings is 1. The molecule has 2 atom stereocenters. The van der Waals surface area contributed by atoms with Crippen molar-refractivity contribution >= 4 is 34.8 Å². The van der Waals surface area contributed by atoms with Gasteiger partial charge in [-0.15, -0.1) is 0 Å². The highest BCUT2D eigenvalue weighted by Gasteiger charge is 2.68. The highest BCUT2D eigenvalue weighted by atomic mass is 35.5. The van der Waals surface area contributed by atoms with Crippen LogP contribution in [0.5, 0.6) is 0 Å². The number of nitriles is 2. The third-order valence-corrected chi connectivity index (χ3v) is 6.78. The number of carbonyl (C=O) groups excluding carboxylic acids is 1. The van der Waals surface area contributed by atoms with Crippen LogP contribution in [0.1, 0.15) is 55.4 Å². The summed E-state index contributed by atoms with van der Waals surface area (Å²) in [7, 11) is 0. The van der Waals surface area contributed by atoms with Crippen LogP contribution in [0.3, 0.4) is 0 Å². The highest BCUT2D eigenvalue weighted by Crippen LogP contribution is 2.67. The topological polar surface area (TPSA) is 102 Å². The van der Waals surface area contributed by atoms with Gasteiger partial charge in [0.2, 0.25) is 5.91 Å². The second-order valence-electron chi connectivity index (χ2n) is 7.67. The number of anilines is 1. The van der Waals surface area contributed by atoms with Crippen molar-refractivity contribution in [1.82, 2.24) is 9.97 Å². The average Bonchev–Trinajstić information content (AvgIpc) is 3.05. The highest BCUT2D eigenvalue weighted by molar-refractivity contribution is 6.35. The standard InChI is InChI=1S/C20H15Cl2N5O/c1-19(2)11-5-6-20(19,17-16(11)25-14(8-23)15(9-24)26-17)18(28)27-13-7-10(21)3-4-12(13)22/h3-4,7,11H,5-6H2,1-2H3,(H,27,28). The molecule has 0 spiro atoms. The Morgan fingerprint density at radius 3 is 2.57 bits per heavy atom. The molecule has 1 N–H and O–H groups in total. The number of nitrogens with one attached hydrogen (secondary N) is 1. The fourth-order valence-corrected chi connectivity index (χ4v) is 5.08. The predicted octanol–water partition coefficient (Wildman–Crippen LogP) is 4.32. The van der Waals surface area contributed by atoms with Crippen molar-refractivity contribution in [1.29, 1.82) is 10.5 Å². The van der Waals surface area contributed by atoms with Gasteiger partial charge in [-0.05, 0) is 36.5 Å². The molecule has 1 aromatic heterocycles. The van der Waals surface area contributed by atoms with Crippen LogP contribution in [0, 0.1) is 28.1 Å². The van der Waals surface area contributed by atoms with Crippen molar-refractivity contribution in [3.8, 4) is 12.1 Å². The van der Waals surface area contributed by atoms with Crippen LogP contribution < -0.4 is 5.32 Å². The summed E-state index contributed by atoms with van der Waals surface area (Å²) >= 11 is 12.3. The molecule has 140 valence electrons. The molecule has 1 saturated carbocycles. The maximum absolute atomic E-state index is 13.6. The van der Waals surface area contributed by atoms with Crippen LogP contribution in [0.15, 0.2) is 18.2 Å². The molecule has 1 heterocycles. The first kappa shape index (κ1) is 18.7. The maximum Gasteiger partial charge on any atom is 0.237 e. The lowest BCUT2D eigenvalue weighted by molar-refractivity contribution is -0.124. The smallest absolute Gasteiger partial charge is 0.237 e. The van der Waals surface area contributed by atoms with E-state index in [0.717, 1.165) is 6.42 Å². The van der Waals surface area contributed by atoms with Gasteiger partial charge in [0, 0.05) is 10.9 Å². The second kappa shape index (κ2) is 6.17. The number of aromatic nitrogens is 2. The van der Waals surface area contributed by atoms with E-state index in [9.17, 15) is 15.3 Å². The van der Waals surface area contributed by atoms with Crippen LogP contribution in [0.2, 0.25) is 10.0 Å². The average molecular weight is 412 g/mol. The summed E-state index contributed by atoms with van der Waals surface area (Å²) in [5.74, 6) is -0.277. The fourth-order valence-electron chi connectivity index (χ4n) is 4.74. The van der Waals surface area contributed by atoms with Gasteiger partial charge in [0.05, 0.1) is 27.5 Å². The number of hydrogen-bond acceptors (Lipinski definition) is 5. The first-order valence-corrected chi connectivity index (χ1v) is 9.51. The Kier molecular flexibility index (Phi) is 4.12. The van der Waals surface area contributed by atoms with Gasteiger partial charge in [0.15, 0.2) is 11.4 Å². The molecule has 2 aromatic rings. The van der Waals surface area contributed by atoms with Crippen LogP contribution in [-0.4, -0.2) is 15.9 Å². The van der Waals surface area contributed by atoms with E-state index in [4.69, 9.17) is 23.2 Å². The molecule has 0 radical (unpaired) electrons. The molecule has 2 unspecified atom stereocenters. The minimum atomic E-state index is -0.967. The summed E-state index contributed by atoms with van der Waals surface area (Å²) in [5, 5.41) is 22.4. The summed E-state index contributed by atoms with van der Waals surface area (Å²) in [6, 6.07) is 8.71. The Morgan fingerprint density at radius 1 is 1.21 bits per heavy atom. The normalized spacial score (nSPS) is 23.6. The Balaban J connectivity index is 1.87. The Hall–Kier alpha value is -2.67. The fraction of sp³-hybridized carbons (Fsp3) is 0.350. The lowest BCUT2D eigenvalue weighted by atomic mass is 9.67. The first-order chi connectivity index (χ1) is 13.3. The van der Waals surface area contributed by atoms with E-state index < -0.39 is 10.8 Å². The number of halogens is 2. The van der Waals surface area contributed by atoms with Crippen LogP contribution in [0.25, 0.3) is 0 Å². The molecule has 0 aliphatic heterocycles. The van der Waals surface area contributed by atoms with Crippen molar-refractivity contribution in [2.75, 3.05) is 5.32 Å². The van der Waals surface area contributed by atoms with Gasteiger partial charge >= 0.3 is 0 Å². The molecule has 0 saturated heterocycles. The van der Waals surface area contributed by atoms with Gasteiger partial charge in [-0.1, -0.05) is 37.0 Å². The first-order valence-electron chi connectivity index (χ1n) is 8.75. The van der Waals surface area contributed by atoms with Gasteiger partial charge in [0.1, 0.15) is 12.1 Å². The number of carbonyl (C=O) groups is 1. The summed E-state index contributed by atoms with van der Waals surface area (Å²) in [4.78, 5) is 22.4. The molecule has 1 amide bonds. The number of amides is 1. The van der Waals surface area contributed by atoms with Crippen molar-refractivity contribution in [2.24, 2.45) is 5.41 Å². The van der Waals surface area contributed by atoms with Crippen LogP contribution in [0.4, 0.5) is 5.69 Å². The van der Waals surface area contributed by atoms with Crippen LogP contribution in [-0.2, 0) is 10.2 Å². The molecule has 2 bridgehead atoms. The SMILES string of the molecule is CC1(C)C2CCC1(C(=O)Nc1cc(Cl)ccc1Cl)c1nc(C#N)c(C#N)nc12.